The first-order chi connectivity index (χ1) is 8.59. The number of phenols is 1. The number of aromatic hydroxyl groups is 1. The number of carbonyl (C=O) groups is 1. The maximum Gasteiger partial charge on any atom is 0.272 e. The van der Waals surface area contributed by atoms with Crippen molar-refractivity contribution in [2.24, 2.45) is 5.73 Å². The Kier molecular flexibility index (Phi) is 3.09. The summed E-state index contributed by atoms with van der Waals surface area (Å²) >= 11 is 0. The highest BCUT2D eigenvalue weighted by Crippen LogP contribution is 2.30. The van der Waals surface area contributed by atoms with Gasteiger partial charge in [0.15, 0.2) is 5.69 Å². The highest BCUT2D eigenvalue weighted by atomic mass is 16.5. The second-order valence-corrected chi connectivity index (χ2v) is 3.58. The molecule has 1 heterocycles. The number of nitrogens with zero attached hydrogens (tertiary/aromatic N) is 2. The summed E-state index contributed by atoms with van der Waals surface area (Å²) in [6.45, 7) is 1.69. The minimum Gasteiger partial charge on any atom is -0.508 e. The van der Waals surface area contributed by atoms with Crippen molar-refractivity contribution >= 4 is 5.91 Å². The number of carbonyl (C=O) groups excluding carboxylic acids is 1. The van der Waals surface area contributed by atoms with Crippen LogP contribution in [0.4, 0.5) is 0 Å². The molecule has 1 amide bonds. The molecule has 18 heavy (non-hydrogen) atoms. The Morgan fingerprint density at radius 3 is 2.78 bits per heavy atom. The SMILES string of the molecule is Cc1c(O)cccc1Oc1nccnc1C(N)=O. The van der Waals surface area contributed by atoms with Gasteiger partial charge in [0.2, 0.25) is 0 Å². The lowest BCUT2D eigenvalue weighted by Gasteiger charge is -2.09. The molecular formula is C12H11N3O3. The number of hydrogen-bond donors (Lipinski definition) is 2. The summed E-state index contributed by atoms with van der Waals surface area (Å²) in [6, 6.07) is 4.81. The maximum atomic E-state index is 11.2. The van der Waals surface area contributed by atoms with E-state index in [1.165, 1.54) is 18.5 Å². The summed E-state index contributed by atoms with van der Waals surface area (Å²) in [7, 11) is 0. The van der Waals surface area contributed by atoms with E-state index in [2.05, 4.69) is 9.97 Å². The lowest BCUT2D eigenvalue weighted by Crippen LogP contribution is -2.15. The van der Waals surface area contributed by atoms with Crippen LogP contribution in [-0.4, -0.2) is 21.0 Å². The van der Waals surface area contributed by atoms with E-state index >= 15 is 0 Å². The number of aromatic nitrogens is 2. The third kappa shape index (κ3) is 2.22. The van der Waals surface area contributed by atoms with Crippen molar-refractivity contribution in [3.63, 3.8) is 0 Å². The number of phenolic OH excluding ortho intramolecular Hbond substituents is 1. The van der Waals surface area contributed by atoms with Gasteiger partial charge < -0.3 is 15.6 Å². The fourth-order valence-electron chi connectivity index (χ4n) is 1.39. The van der Waals surface area contributed by atoms with E-state index in [4.69, 9.17) is 10.5 Å². The van der Waals surface area contributed by atoms with E-state index in [0.717, 1.165) is 0 Å². The predicted molar refractivity (Wildman–Crippen MR) is 63.5 cm³/mol. The molecule has 0 bridgehead atoms. The Balaban J connectivity index is 2.40. The van der Waals surface area contributed by atoms with Crippen LogP contribution in [0.15, 0.2) is 30.6 Å². The zero-order valence-corrected chi connectivity index (χ0v) is 9.62. The molecule has 0 unspecified atom stereocenters. The molecule has 0 spiro atoms. The minimum absolute atomic E-state index is 0.0127. The molecule has 0 aliphatic carbocycles. The average Bonchev–Trinajstić information content (AvgIpc) is 2.35. The average molecular weight is 245 g/mol. The van der Waals surface area contributed by atoms with Crippen molar-refractivity contribution in [2.75, 3.05) is 0 Å². The molecule has 2 rings (SSSR count). The van der Waals surface area contributed by atoms with E-state index in [0.29, 0.717) is 11.3 Å². The molecule has 1 aromatic carbocycles. The number of nitrogens with two attached hydrogens (primary N) is 1. The normalized spacial score (nSPS) is 10.1. The van der Waals surface area contributed by atoms with Gasteiger partial charge in [0.1, 0.15) is 11.5 Å². The summed E-state index contributed by atoms with van der Waals surface area (Å²) in [4.78, 5) is 18.9. The third-order valence-electron chi connectivity index (χ3n) is 2.36. The number of benzene rings is 1. The molecule has 1 aromatic heterocycles. The summed E-state index contributed by atoms with van der Waals surface area (Å²) in [5.74, 6) is -0.232. The Labute approximate surface area is 103 Å². The molecule has 6 heteroatoms. The lowest BCUT2D eigenvalue weighted by molar-refractivity contribution is 0.0992. The molecule has 2 aromatic rings. The molecule has 6 nitrogen and oxygen atoms in total. The molecule has 0 radical (unpaired) electrons. The van der Waals surface area contributed by atoms with E-state index < -0.39 is 5.91 Å². The largest absolute Gasteiger partial charge is 0.508 e. The molecule has 92 valence electrons. The van der Waals surface area contributed by atoms with E-state index in [-0.39, 0.29) is 17.3 Å². The summed E-state index contributed by atoms with van der Waals surface area (Å²) in [5, 5.41) is 9.55. The standard InChI is InChI=1S/C12H11N3O3/c1-7-8(16)3-2-4-9(7)18-12-10(11(13)17)14-5-6-15-12/h2-6,16H,1H3,(H2,13,17). The van der Waals surface area contributed by atoms with E-state index in [9.17, 15) is 9.90 Å². The molecule has 0 aliphatic heterocycles. The van der Waals surface area contributed by atoms with Crippen LogP contribution in [0.3, 0.4) is 0 Å². The highest BCUT2D eigenvalue weighted by molar-refractivity contribution is 5.92. The van der Waals surface area contributed by atoms with Gasteiger partial charge in [-0.2, -0.15) is 0 Å². The van der Waals surface area contributed by atoms with Gasteiger partial charge in [-0.1, -0.05) is 6.07 Å². The van der Waals surface area contributed by atoms with Gasteiger partial charge >= 0.3 is 0 Å². The summed E-state index contributed by atoms with van der Waals surface area (Å²) < 4.78 is 5.45. The van der Waals surface area contributed by atoms with Crippen molar-refractivity contribution in [3.05, 3.63) is 41.9 Å². The number of rotatable bonds is 3. The van der Waals surface area contributed by atoms with Gasteiger partial charge in [0.05, 0.1) is 0 Å². The van der Waals surface area contributed by atoms with Crippen LogP contribution in [0.5, 0.6) is 17.4 Å². The summed E-state index contributed by atoms with van der Waals surface area (Å²) in [5.41, 5.74) is 5.65. The van der Waals surface area contributed by atoms with Gasteiger partial charge in [-0.25, -0.2) is 9.97 Å². The quantitative estimate of drug-likeness (QED) is 0.851. The van der Waals surface area contributed by atoms with Gasteiger partial charge in [-0.3, -0.25) is 4.79 Å². The number of amides is 1. The Hall–Kier alpha value is -2.63. The van der Waals surface area contributed by atoms with Crippen molar-refractivity contribution < 1.29 is 14.6 Å². The first-order valence-electron chi connectivity index (χ1n) is 5.17. The van der Waals surface area contributed by atoms with Crippen LogP contribution >= 0.6 is 0 Å². The molecule has 3 N–H and O–H groups in total. The Morgan fingerprint density at radius 1 is 1.33 bits per heavy atom. The van der Waals surface area contributed by atoms with Crippen LogP contribution in [0, 0.1) is 6.92 Å². The predicted octanol–water partition coefficient (Wildman–Crippen LogP) is 1.38. The first-order valence-corrected chi connectivity index (χ1v) is 5.17. The lowest BCUT2D eigenvalue weighted by atomic mass is 10.2. The number of ether oxygens (including phenoxy) is 1. The Morgan fingerprint density at radius 2 is 2.06 bits per heavy atom. The molecule has 0 saturated heterocycles. The third-order valence-corrected chi connectivity index (χ3v) is 2.36. The molecule has 0 saturated carbocycles. The smallest absolute Gasteiger partial charge is 0.272 e. The van der Waals surface area contributed by atoms with E-state index in [1.807, 2.05) is 0 Å². The topological polar surface area (TPSA) is 98.3 Å². The molecular weight excluding hydrogens is 234 g/mol. The summed E-state index contributed by atoms with van der Waals surface area (Å²) in [6.07, 6.45) is 2.74. The van der Waals surface area contributed by atoms with Crippen molar-refractivity contribution in [1.29, 1.82) is 0 Å². The van der Waals surface area contributed by atoms with Crippen molar-refractivity contribution in [1.82, 2.24) is 9.97 Å². The fraction of sp³-hybridized carbons (Fsp3) is 0.0833. The van der Waals surface area contributed by atoms with Crippen molar-refractivity contribution in [3.8, 4) is 17.4 Å². The molecule has 0 aliphatic rings. The maximum absolute atomic E-state index is 11.2. The van der Waals surface area contributed by atoms with Crippen molar-refractivity contribution in [2.45, 2.75) is 6.92 Å². The van der Waals surface area contributed by atoms with Gasteiger partial charge in [0, 0.05) is 18.0 Å². The van der Waals surface area contributed by atoms with Crippen LogP contribution < -0.4 is 10.5 Å². The van der Waals surface area contributed by atoms with Crippen LogP contribution in [0.1, 0.15) is 16.1 Å². The van der Waals surface area contributed by atoms with Gasteiger partial charge in [0.25, 0.3) is 11.8 Å². The number of hydrogen-bond acceptors (Lipinski definition) is 5. The van der Waals surface area contributed by atoms with Crippen LogP contribution in [0.25, 0.3) is 0 Å². The zero-order chi connectivity index (χ0) is 13.1. The zero-order valence-electron chi connectivity index (χ0n) is 9.62. The van der Waals surface area contributed by atoms with Crippen LogP contribution in [-0.2, 0) is 0 Å². The van der Waals surface area contributed by atoms with Gasteiger partial charge in [-0.15, -0.1) is 0 Å². The van der Waals surface area contributed by atoms with Crippen LogP contribution in [0.2, 0.25) is 0 Å². The monoisotopic (exact) mass is 245 g/mol. The molecule has 0 fully saturated rings. The highest BCUT2D eigenvalue weighted by Gasteiger charge is 2.14. The van der Waals surface area contributed by atoms with Gasteiger partial charge in [-0.05, 0) is 19.1 Å². The Bertz CT molecular complexity index is 599. The first kappa shape index (κ1) is 11.8. The number of primary amides is 1. The second-order valence-electron chi connectivity index (χ2n) is 3.58. The second kappa shape index (κ2) is 4.70. The van der Waals surface area contributed by atoms with E-state index in [1.54, 1.807) is 19.1 Å². The molecule has 0 atom stereocenters. The fourth-order valence-corrected chi connectivity index (χ4v) is 1.39. The minimum atomic E-state index is -0.726.